The van der Waals surface area contributed by atoms with Crippen molar-refractivity contribution < 1.29 is 19.0 Å². The number of hydrogen-bond donors (Lipinski definition) is 1. The van der Waals surface area contributed by atoms with Crippen LogP contribution in [0.25, 0.3) is 0 Å². The van der Waals surface area contributed by atoms with Crippen molar-refractivity contribution >= 4 is 12.0 Å². The number of halogens is 1. The first-order chi connectivity index (χ1) is 23.6. The van der Waals surface area contributed by atoms with Crippen molar-refractivity contribution in [3.8, 4) is 5.75 Å². The van der Waals surface area contributed by atoms with Gasteiger partial charge in [-0.3, -0.25) is 4.90 Å². The summed E-state index contributed by atoms with van der Waals surface area (Å²) in [7, 11) is 2.11. The smallest absolute Gasteiger partial charge is 0.126 e. The molecule has 1 aliphatic rings. The van der Waals surface area contributed by atoms with E-state index in [9.17, 15) is 14.3 Å². The van der Waals surface area contributed by atoms with Crippen LogP contribution in [-0.2, 0) is 17.8 Å². The van der Waals surface area contributed by atoms with Crippen LogP contribution < -0.4 is 9.64 Å². The van der Waals surface area contributed by atoms with Crippen molar-refractivity contribution in [3.63, 3.8) is 0 Å². The molecule has 1 N–H and O–H groups in total. The van der Waals surface area contributed by atoms with E-state index in [2.05, 4.69) is 93.9 Å². The molecule has 1 heterocycles. The van der Waals surface area contributed by atoms with Gasteiger partial charge in [-0.05, 0) is 110 Å². The zero-order valence-electron chi connectivity index (χ0n) is 31.8. The second kappa shape index (κ2) is 23.2. The van der Waals surface area contributed by atoms with Gasteiger partial charge in [-0.15, -0.1) is 0 Å². The fourth-order valence-corrected chi connectivity index (χ4v) is 6.49. The molecule has 0 aliphatic carbocycles. The van der Waals surface area contributed by atoms with Gasteiger partial charge in [0.2, 0.25) is 0 Å². The Labute approximate surface area is 297 Å². The number of aliphatic hydroxyl groups is 1. The molecule has 272 valence electrons. The predicted molar refractivity (Wildman–Crippen MR) is 205 cm³/mol. The van der Waals surface area contributed by atoms with Crippen LogP contribution in [0, 0.1) is 25.6 Å². The highest BCUT2D eigenvalue weighted by molar-refractivity contribution is 5.49. The minimum Gasteiger partial charge on any atom is -0.493 e. The molecule has 2 unspecified atom stereocenters. The van der Waals surface area contributed by atoms with Gasteiger partial charge in [-0.25, -0.2) is 4.39 Å². The summed E-state index contributed by atoms with van der Waals surface area (Å²) in [6, 6.07) is 21.2. The van der Waals surface area contributed by atoms with Gasteiger partial charge in [-0.2, -0.15) is 0 Å². The van der Waals surface area contributed by atoms with E-state index in [4.69, 9.17) is 4.74 Å². The predicted octanol–water partition coefficient (Wildman–Crippen LogP) is 10.4. The lowest BCUT2D eigenvalue weighted by atomic mass is 9.85. The number of hydrogen-bond acceptors (Lipinski definition) is 5. The van der Waals surface area contributed by atoms with Crippen LogP contribution in [0.1, 0.15) is 120 Å². The Bertz CT molecular complexity index is 1360. The highest BCUT2D eigenvalue weighted by Crippen LogP contribution is 2.33. The van der Waals surface area contributed by atoms with E-state index < -0.39 is 0 Å². The lowest BCUT2D eigenvalue weighted by Crippen LogP contribution is -2.31. The molecule has 6 heteroatoms. The average molecular weight is 677 g/mol. The molecular weight excluding hydrogens is 611 g/mol. The molecule has 0 amide bonds. The van der Waals surface area contributed by atoms with Gasteiger partial charge >= 0.3 is 0 Å². The molecule has 3 aromatic rings. The lowest BCUT2D eigenvalue weighted by molar-refractivity contribution is -0.107. The molecule has 0 aromatic heterocycles. The maximum Gasteiger partial charge on any atom is 0.126 e. The van der Waals surface area contributed by atoms with Gasteiger partial charge in [0.15, 0.2) is 0 Å². The van der Waals surface area contributed by atoms with Crippen molar-refractivity contribution in [2.45, 2.75) is 125 Å². The molecular formula is C43H65FN2O3. The van der Waals surface area contributed by atoms with E-state index in [1.807, 2.05) is 26.0 Å². The molecule has 0 saturated heterocycles. The van der Waals surface area contributed by atoms with Gasteiger partial charge in [0.25, 0.3) is 0 Å². The first kappa shape index (κ1) is 41.9. The first-order valence-corrected chi connectivity index (χ1v) is 18.7. The highest BCUT2D eigenvalue weighted by atomic mass is 19.1. The normalized spacial score (nSPS) is 13.1. The molecule has 5 nitrogen and oxygen atoms in total. The molecule has 0 radical (unpaired) electrons. The largest absolute Gasteiger partial charge is 0.493 e. The number of aryl methyl sites for hydroxylation is 2. The topological polar surface area (TPSA) is 53.0 Å². The zero-order valence-corrected chi connectivity index (χ0v) is 31.8. The number of carbonyl (C=O) groups excluding carboxylic acids is 1. The lowest BCUT2D eigenvalue weighted by Gasteiger charge is -2.30. The summed E-state index contributed by atoms with van der Waals surface area (Å²) in [5, 5.41) is 9.80. The third-order valence-corrected chi connectivity index (χ3v) is 9.66. The number of fused-ring (bicyclic) bond motifs is 1. The zero-order chi connectivity index (χ0) is 36.2. The minimum atomic E-state index is -0.121. The molecule has 1 aliphatic heterocycles. The Morgan fingerprint density at radius 2 is 1.63 bits per heavy atom. The monoisotopic (exact) mass is 676 g/mol. The maximum atomic E-state index is 13.2. The van der Waals surface area contributed by atoms with Gasteiger partial charge < -0.3 is 19.5 Å². The van der Waals surface area contributed by atoms with Crippen LogP contribution in [-0.4, -0.2) is 49.3 Å². The molecule has 0 saturated carbocycles. The number of ether oxygens (including phenoxy) is 1. The van der Waals surface area contributed by atoms with Crippen LogP contribution in [0.15, 0.2) is 60.7 Å². The fraction of sp³-hybridized carbons (Fsp3) is 0.558. The Balaban J connectivity index is 0.000000338. The second-order valence-electron chi connectivity index (χ2n) is 13.7. The van der Waals surface area contributed by atoms with E-state index in [0.717, 1.165) is 62.2 Å². The molecule has 0 spiro atoms. The third-order valence-electron chi connectivity index (χ3n) is 9.66. The van der Waals surface area contributed by atoms with Crippen molar-refractivity contribution in [1.82, 2.24) is 4.90 Å². The number of nitrogens with zero attached hydrogens (tertiary/aromatic N) is 2. The van der Waals surface area contributed by atoms with Crippen LogP contribution in [0.4, 0.5) is 10.1 Å². The van der Waals surface area contributed by atoms with Crippen molar-refractivity contribution in [1.29, 1.82) is 0 Å². The van der Waals surface area contributed by atoms with E-state index >= 15 is 0 Å². The number of rotatable bonds is 17. The van der Waals surface area contributed by atoms with Crippen molar-refractivity contribution in [3.05, 3.63) is 94.3 Å². The number of anilines is 1. The van der Waals surface area contributed by atoms with Gasteiger partial charge in [0.1, 0.15) is 17.9 Å². The number of benzene rings is 3. The van der Waals surface area contributed by atoms with Crippen molar-refractivity contribution in [2.24, 2.45) is 5.92 Å². The Hall–Kier alpha value is -3.22. The second-order valence-corrected chi connectivity index (χ2v) is 13.7. The summed E-state index contributed by atoms with van der Waals surface area (Å²) in [6.07, 6.45) is 10.8. The molecule has 0 bridgehead atoms. The van der Waals surface area contributed by atoms with Crippen LogP contribution in [0.2, 0.25) is 0 Å². The summed E-state index contributed by atoms with van der Waals surface area (Å²) in [4.78, 5) is 13.6. The standard InChI is InChI=1S/C25H35NO2.C15H24FN.C3H6O/c1-4-21(22-9-10-25-23(16-22)12-14-28-25)15-19(2)11-13-26(18-27)17-24-8-6-5-7-20(24)3;1-5-7-13(8-6-2)17(4)14-9-10-15(16)12(3)11-14;1-2-3-4/h5-10,16,19,21,27H,4,11-15,17-18H2,1-3H3;9-11,13H,5-8H2,1-4H3;3H,2H2,1H3. The van der Waals surface area contributed by atoms with E-state index in [1.54, 1.807) is 6.07 Å². The van der Waals surface area contributed by atoms with Gasteiger partial charge in [0.05, 0.1) is 13.3 Å². The van der Waals surface area contributed by atoms with Gasteiger partial charge in [-0.1, -0.05) is 83.9 Å². The van der Waals surface area contributed by atoms with E-state index in [0.29, 0.717) is 24.3 Å². The highest BCUT2D eigenvalue weighted by Gasteiger charge is 2.19. The summed E-state index contributed by atoms with van der Waals surface area (Å²) >= 11 is 0. The van der Waals surface area contributed by atoms with Crippen LogP contribution >= 0.6 is 0 Å². The van der Waals surface area contributed by atoms with E-state index in [1.165, 1.54) is 54.4 Å². The third kappa shape index (κ3) is 14.3. The summed E-state index contributed by atoms with van der Waals surface area (Å²) < 4.78 is 18.9. The van der Waals surface area contributed by atoms with Crippen LogP contribution in [0.3, 0.4) is 0 Å². The van der Waals surface area contributed by atoms with Crippen molar-refractivity contribution in [2.75, 3.05) is 31.8 Å². The Morgan fingerprint density at radius 3 is 2.22 bits per heavy atom. The minimum absolute atomic E-state index is 0.114. The summed E-state index contributed by atoms with van der Waals surface area (Å²) in [6.45, 7) is 17.5. The Morgan fingerprint density at radius 1 is 0.939 bits per heavy atom. The average Bonchev–Trinajstić information content (AvgIpc) is 3.59. The number of carbonyl (C=O) groups is 1. The molecule has 2 atom stereocenters. The quantitative estimate of drug-likeness (QED) is 0.114. The molecule has 49 heavy (non-hydrogen) atoms. The first-order valence-electron chi connectivity index (χ1n) is 18.7. The molecule has 0 fully saturated rings. The summed E-state index contributed by atoms with van der Waals surface area (Å²) in [5.41, 5.74) is 7.26. The summed E-state index contributed by atoms with van der Waals surface area (Å²) in [5.74, 6) is 2.17. The fourth-order valence-electron chi connectivity index (χ4n) is 6.49. The molecule has 4 rings (SSSR count). The van der Waals surface area contributed by atoms with Crippen LogP contribution in [0.5, 0.6) is 5.75 Å². The van der Waals surface area contributed by atoms with Gasteiger partial charge in [0, 0.05) is 44.7 Å². The Kier molecular flexibility index (Phi) is 19.9. The maximum absolute atomic E-state index is 13.2. The van der Waals surface area contributed by atoms with E-state index in [-0.39, 0.29) is 12.5 Å². The SMILES string of the molecule is CCC(CC(C)CCN(CO)Cc1ccccc1C)c1ccc2c(c1)CCO2.CCC=O.CCCC(CCC)N(C)c1ccc(F)c(C)c1. The molecule has 3 aromatic carbocycles. The number of aliphatic hydroxyl groups excluding tert-OH is 1. The number of aldehydes is 1.